The van der Waals surface area contributed by atoms with Crippen LogP contribution in [-0.2, 0) is 0 Å². The fraction of sp³-hybridized carbons (Fsp3) is 0. The molecule has 0 amide bonds. The van der Waals surface area contributed by atoms with Crippen LogP contribution in [0.25, 0.3) is 86.6 Å². The predicted molar refractivity (Wildman–Crippen MR) is 243 cm³/mol. The topological polar surface area (TPSA) is 16.4 Å². The van der Waals surface area contributed by atoms with Crippen LogP contribution in [0.3, 0.4) is 0 Å². The molecule has 0 N–H and O–H groups in total. The molecule has 2 heterocycles. The molecule has 268 valence electrons. The minimum absolute atomic E-state index is 0.859. The van der Waals surface area contributed by atoms with Crippen molar-refractivity contribution in [3.8, 4) is 44.5 Å². The van der Waals surface area contributed by atoms with Crippen LogP contribution in [0.4, 0.5) is 17.1 Å². The number of benzene rings is 9. The molecule has 57 heavy (non-hydrogen) atoms. The maximum Gasteiger partial charge on any atom is 0.159 e. The molecule has 0 saturated carbocycles. The highest BCUT2D eigenvalue weighted by atomic mass is 32.1. The van der Waals surface area contributed by atoms with Crippen molar-refractivity contribution in [1.29, 1.82) is 0 Å². The van der Waals surface area contributed by atoms with Crippen LogP contribution in [0.2, 0.25) is 0 Å². The molecule has 2 nitrogen and oxygen atoms in total. The molecule has 0 spiro atoms. The minimum Gasteiger partial charge on any atom is -0.454 e. The first-order valence-corrected chi connectivity index (χ1v) is 20.1. The second kappa shape index (κ2) is 13.8. The molecule has 0 unspecified atom stereocenters. The Kier molecular flexibility index (Phi) is 8.04. The van der Waals surface area contributed by atoms with Gasteiger partial charge in [0.15, 0.2) is 5.58 Å². The third-order valence-electron chi connectivity index (χ3n) is 11.1. The van der Waals surface area contributed by atoms with Gasteiger partial charge in [0.05, 0.1) is 5.69 Å². The molecule has 2 aromatic heterocycles. The van der Waals surface area contributed by atoms with Gasteiger partial charge in [0.2, 0.25) is 0 Å². The Bertz CT molecular complexity index is 3230. The minimum atomic E-state index is 0.859. The van der Waals surface area contributed by atoms with Crippen molar-refractivity contribution in [3.05, 3.63) is 212 Å². The Labute approximate surface area is 335 Å². The summed E-state index contributed by atoms with van der Waals surface area (Å²) in [5, 5.41) is 4.80. The molecule has 0 aliphatic heterocycles. The average molecular weight is 746 g/mol. The summed E-state index contributed by atoms with van der Waals surface area (Å²) < 4.78 is 9.32. The highest BCUT2D eigenvalue weighted by Crippen LogP contribution is 2.46. The van der Waals surface area contributed by atoms with Crippen molar-refractivity contribution in [2.24, 2.45) is 0 Å². The number of hydrogen-bond donors (Lipinski definition) is 0. The normalized spacial score (nSPS) is 11.5. The summed E-state index contributed by atoms with van der Waals surface area (Å²) >= 11 is 1.85. The van der Waals surface area contributed by atoms with Gasteiger partial charge in [0, 0.05) is 42.3 Å². The molecule has 0 saturated heterocycles. The summed E-state index contributed by atoms with van der Waals surface area (Å²) in [4.78, 5) is 2.35. The van der Waals surface area contributed by atoms with E-state index in [1.165, 1.54) is 59.1 Å². The highest BCUT2D eigenvalue weighted by Gasteiger charge is 2.22. The zero-order valence-electron chi connectivity index (χ0n) is 31.0. The van der Waals surface area contributed by atoms with Crippen LogP contribution < -0.4 is 4.90 Å². The standard InChI is InChI=1S/C54H35NOS/c1-3-14-36(15-4-1)42-18-7-8-19-43(42)38-26-29-40(30-27-38)55(50-23-13-22-47-45-20-9-11-24-51(45)56-54(47)50)41-31-32-44(48(35-41)37-16-5-2-6-17-37)39-28-33-53-49(34-39)46-21-10-12-25-52(46)57-53/h1-35H. The van der Waals surface area contributed by atoms with Gasteiger partial charge in [-0.25, -0.2) is 0 Å². The summed E-state index contributed by atoms with van der Waals surface area (Å²) in [5.74, 6) is 0. The largest absolute Gasteiger partial charge is 0.454 e. The van der Waals surface area contributed by atoms with E-state index in [9.17, 15) is 0 Å². The molecule has 0 aliphatic carbocycles. The SMILES string of the molecule is c1ccc(-c2ccccc2-c2ccc(N(c3ccc(-c4ccc5sc6ccccc6c5c4)c(-c4ccccc4)c3)c3cccc4c3oc3ccccc34)cc2)cc1. The van der Waals surface area contributed by atoms with E-state index in [4.69, 9.17) is 4.42 Å². The Balaban J connectivity index is 1.11. The number of nitrogens with zero attached hydrogens (tertiary/aromatic N) is 1. The van der Waals surface area contributed by atoms with Crippen LogP contribution in [0, 0.1) is 0 Å². The first-order chi connectivity index (χ1) is 28.3. The number of thiophene rings is 1. The molecule has 0 radical (unpaired) electrons. The maximum absolute atomic E-state index is 6.70. The van der Waals surface area contributed by atoms with Crippen LogP contribution in [0.15, 0.2) is 217 Å². The van der Waals surface area contributed by atoms with Crippen molar-refractivity contribution in [1.82, 2.24) is 0 Å². The zero-order valence-corrected chi connectivity index (χ0v) is 31.8. The van der Waals surface area contributed by atoms with Crippen LogP contribution in [-0.4, -0.2) is 0 Å². The van der Waals surface area contributed by atoms with Crippen LogP contribution in [0.5, 0.6) is 0 Å². The van der Waals surface area contributed by atoms with E-state index in [1.54, 1.807) is 0 Å². The summed E-state index contributed by atoms with van der Waals surface area (Å²) in [5.41, 5.74) is 14.3. The molecule has 9 aromatic carbocycles. The smallest absolute Gasteiger partial charge is 0.159 e. The molecular weight excluding hydrogens is 711 g/mol. The van der Waals surface area contributed by atoms with Crippen molar-refractivity contribution in [2.45, 2.75) is 0 Å². The first-order valence-electron chi connectivity index (χ1n) is 19.3. The molecule has 3 heteroatoms. The van der Waals surface area contributed by atoms with Crippen molar-refractivity contribution < 1.29 is 4.42 Å². The fourth-order valence-corrected chi connectivity index (χ4v) is 9.49. The Morgan fingerprint density at radius 1 is 0.333 bits per heavy atom. The lowest BCUT2D eigenvalue weighted by Gasteiger charge is -2.27. The van der Waals surface area contributed by atoms with E-state index in [0.29, 0.717) is 0 Å². The van der Waals surface area contributed by atoms with E-state index in [2.05, 4.69) is 211 Å². The molecule has 11 aromatic rings. The van der Waals surface area contributed by atoms with Crippen molar-refractivity contribution in [2.75, 3.05) is 4.90 Å². The molecular formula is C54H35NOS. The average Bonchev–Trinajstić information content (AvgIpc) is 3.86. The van der Waals surface area contributed by atoms with E-state index in [1.807, 2.05) is 17.4 Å². The Morgan fingerprint density at radius 3 is 1.67 bits per heavy atom. The summed E-state index contributed by atoms with van der Waals surface area (Å²) in [7, 11) is 0. The highest BCUT2D eigenvalue weighted by molar-refractivity contribution is 7.25. The van der Waals surface area contributed by atoms with Gasteiger partial charge in [0.25, 0.3) is 0 Å². The summed E-state index contributed by atoms with van der Waals surface area (Å²) in [6, 6.07) is 76.4. The van der Waals surface area contributed by atoms with E-state index >= 15 is 0 Å². The van der Waals surface area contributed by atoms with Gasteiger partial charge in [-0.1, -0.05) is 158 Å². The second-order valence-electron chi connectivity index (χ2n) is 14.5. The van der Waals surface area contributed by atoms with Gasteiger partial charge in [-0.15, -0.1) is 11.3 Å². The summed E-state index contributed by atoms with van der Waals surface area (Å²) in [6.07, 6.45) is 0. The lowest BCUT2D eigenvalue weighted by Crippen LogP contribution is -2.10. The van der Waals surface area contributed by atoms with Gasteiger partial charge in [-0.3, -0.25) is 0 Å². The number of anilines is 3. The van der Waals surface area contributed by atoms with E-state index in [-0.39, 0.29) is 0 Å². The van der Waals surface area contributed by atoms with Gasteiger partial charge < -0.3 is 9.32 Å². The number of hydrogen-bond acceptors (Lipinski definition) is 3. The molecule has 0 fully saturated rings. The molecule has 0 bridgehead atoms. The Hall–Kier alpha value is -7.20. The van der Waals surface area contributed by atoms with Gasteiger partial charge in [-0.2, -0.15) is 0 Å². The number of furan rings is 1. The quantitative estimate of drug-likeness (QED) is 0.162. The van der Waals surface area contributed by atoms with Crippen molar-refractivity contribution in [3.63, 3.8) is 0 Å². The first kappa shape index (κ1) is 33.2. The summed E-state index contributed by atoms with van der Waals surface area (Å²) in [6.45, 7) is 0. The third-order valence-corrected chi connectivity index (χ3v) is 12.3. The van der Waals surface area contributed by atoms with E-state index < -0.39 is 0 Å². The Morgan fingerprint density at radius 2 is 0.895 bits per heavy atom. The zero-order chi connectivity index (χ0) is 37.7. The number of rotatable bonds is 7. The van der Waals surface area contributed by atoms with Gasteiger partial charge >= 0.3 is 0 Å². The molecule has 0 atom stereocenters. The van der Waals surface area contributed by atoms with Gasteiger partial charge in [0.1, 0.15) is 5.58 Å². The fourth-order valence-electron chi connectivity index (χ4n) is 8.40. The second-order valence-corrected chi connectivity index (χ2v) is 15.5. The monoisotopic (exact) mass is 745 g/mol. The lowest BCUT2D eigenvalue weighted by atomic mass is 9.92. The van der Waals surface area contributed by atoms with E-state index in [0.717, 1.165) is 44.6 Å². The number of fused-ring (bicyclic) bond motifs is 6. The molecule has 0 aliphatic rings. The maximum atomic E-state index is 6.70. The molecule has 11 rings (SSSR count). The van der Waals surface area contributed by atoms with Crippen LogP contribution >= 0.6 is 11.3 Å². The third kappa shape index (κ3) is 5.80. The van der Waals surface area contributed by atoms with Crippen molar-refractivity contribution >= 4 is 70.5 Å². The number of para-hydroxylation sites is 2. The van der Waals surface area contributed by atoms with Crippen LogP contribution in [0.1, 0.15) is 0 Å². The predicted octanol–water partition coefficient (Wildman–Crippen LogP) is 16.1. The van der Waals surface area contributed by atoms with Gasteiger partial charge in [-0.05, 0) is 99.1 Å². The lowest BCUT2D eigenvalue weighted by molar-refractivity contribution is 0.669.